The molecule has 0 amide bonds. The van der Waals surface area contributed by atoms with Gasteiger partial charge < -0.3 is 5.11 Å². The summed E-state index contributed by atoms with van der Waals surface area (Å²) in [7, 11) is 0. The first-order valence-electron chi connectivity index (χ1n) is 6.23. The van der Waals surface area contributed by atoms with Gasteiger partial charge in [0.15, 0.2) is 0 Å². The summed E-state index contributed by atoms with van der Waals surface area (Å²) in [5.74, 6) is 0.0755. The van der Waals surface area contributed by atoms with Crippen LogP contribution < -0.4 is 0 Å². The van der Waals surface area contributed by atoms with E-state index in [1.54, 1.807) is 6.20 Å². The van der Waals surface area contributed by atoms with Crippen LogP contribution in [0.15, 0.2) is 28.9 Å². The molecule has 2 unspecified atom stereocenters. The van der Waals surface area contributed by atoms with Crippen LogP contribution in [0.1, 0.15) is 41.0 Å². The van der Waals surface area contributed by atoms with Crippen LogP contribution in [0.3, 0.4) is 0 Å². The maximum absolute atomic E-state index is 10.6. The molecule has 3 rings (SSSR count). The van der Waals surface area contributed by atoms with Crippen LogP contribution in [0.2, 0.25) is 4.34 Å². The lowest BCUT2D eigenvalue weighted by Crippen LogP contribution is -2.18. The van der Waals surface area contributed by atoms with Crippen LogP contribution in [-0.4, -0.2) is 10.1 Å². The largest absolute Gasteiger partial charge is 0.387 e. The molecule has 2 nitrogen and oxygen atoms in total. The standard InChI is InChI=1S/C14H13BrClNOS/c15-10-7-11(19-14(10)16)13(18)9-5-1-3-8-4-2-6-17-12(8)9/h2,4,6-7,9,13,18H,1,3,5H2. The highest BCUT2D eigenvalue weighted by Gasteiger charge is 2.30. The van der Waals surface area contributed by atoms with Crippen LogP contribution in [0, 0.1) is 0 Å². The van der Waals surface area contributed by atoms with Crippen molar-refractivity contribution in [2.75, 3.05) is 0 Å². The summed E-state index contributed by atoms with van der Waals surface area (Å²) in [5, 5.41) is 10.6. The highest BCUT2D eigenvalue weighted by Crippen LogP contribution is 2.43. The van der Waals surface area contributed by atoms with Crippen LogP contribution >= 0.6 is 38.9 Å². The van der Waals surface area contributed by atoms with Crippen molar-refractivity contribution in [1.29, 1.82) is 0 Å². The van der Waals surface area contributed by atoms with Gasteiger partial charge in [-0.2, -0.15) is 0 Å². The first kappa shape index (κ1) is 13.6. The van der Waals surface area contributed by atoms with Crippen molar-refractivity contribution in [3.05, 3.63) is 49.3 Å². The fourth-order valence-electron chi connectivity index (χ4n) is 2.66. The molecule has 0 spiro atoms. The molecule has 1 N–H and O–H groups in total. The predicted molar refractivity (Wildman–Crippen MR) is 81.9 cm³/mol. The number of rotatable bonds is 2. The number of halogens is 2. The number of aryl methyl sites for hydroxylation is 1. The third-order valence-electron chi connectivity index (χ3n) is 3.58. The Labute approximate surface area is 129 Å². The van der Waals surface area contributed by atoms with Gasteiger partial charge in [0.25, 0.3) is 0 Å². The summed E-state index contributed by atoms with van der Waals surface area (Å²) in [6, 6.07) is 5.99. The molecule has 19 heavy (non-hydrogen) atoms. The number of fused-ring (bicyclic) bond motifs is 1. The summed E-state index contributed by atoms with van der Waals surface area (Å²) in [5.41, 5.74) is 2.31. The van der Waals surface area contributed by atoms with E-state index in [0.717, 1.165) is 34.3 Å². The number of aromatic nitrogens is 1. The first-order valence-corrected chi connectivity index (χ1v) is 8.22. The molecular weight excluding hydrogens is 346 g/mol. The van der Waals surface area contributed by atoms with Crippen molar-refractivity contribution in [2.24, 2.45) is 0 Å². The van der Waals surface area contributed by atoms with Gasteiger partial charge >= 0.3 is 0 Å². The molecule has 2 heterocycles. The van der Waals surface area contributed by atoms with Gasteiger partial charge in [-0.15, -0.1) is 11.3 Å². The number of hydrogen-bond acceptors (Lipinski definition) is 3. The number of aliphatic hydroxyl groups excluding tert-OH is 1. The lowest BCUT2D eigenvalue weighted by molar-refractivity contribution is 0.137. The average Bonchev–Trinajstić information content (AvgIpc) is 2.77. The Morgan fingerprint density at radius 3 is 3.11 bits per heavy atom. The van der Waals surface area contributed by atoms with Gasteiger partial charge in [0.2, 0.25) is 0 Å². The maximum atomic E-state index is 10.6. The monoisotopic (exact) mass is 357 g/mol. The van der Waals surface area contributed by atoms with Crippen LogP contribution in [0.4, 0.5) is 0 Å². The second-order valence-corrected chi connectivity index (χ2v) is 7.30. The van der Waals surface area contributed by atoms with Crippen molar-refractivity contribution in [1.82, 2.24) is 4.98 Å². The van der Waals surface area contributed by atoms with E-state index in [1.165, 1.54) is 16.9 Å². The SMILES string of the molecule is OC(c1cc(Br)c(Cl)s1)C1CCCc2cccnc21. The van der Waals surface area contributed by atoms with Crippen LogP contribution in [0.25, 0.3) is 0 Å². The Morgan fingerprint density at radius 1 is 1.53 bits per heavy atom. The molecule has 1 aliphatic rings. The van der Waals surface area contributed by atoms with E-state index in [1.807, 2.05) is 12.1 Å². The van der Waals surface area contributed by atoms with Crippen LogP contribution in [-0.2, 0) is 6.42 Å². The molecule has 1 aliphatic carbocycles. The van der Waals surface area contributed by atoms with E-state index in [4.69, 9.17) is 11.6 Å². The normalized spacial score (nSPS) is 20.1. The minimum Gasteiger partial charge on any atom is -0.387 e. The van der Waals surface area contributed by atoms with Crippen molar-refractivity contribution in [3.8, 4) is 0 Å². The molecule has 100 valence electrons. The average molecular weight is 359 g/mol. The van der Waals surface area contributed by atoms with Gasteiger partial charge in [0.05, 0.1) is 6.10 Å². The van der Waals surface area contributed by atoms with E-state index in [2.05, 4.69) is 27.0 Å². The van der Waals surface area contributed by atoms with Gasteiger partial charge in [-0.3, -0.25) is 4.98 Å². The third-order valence-corrected chi connectivity index (χ3v) is 6.12. The van der Waals surface area contributed by atoms with Gasteiger partial charge in [0.1, 0.15) is 4.34 Å². The zero-order chi connectivity index (χ0) is 13.4. The number of hydrogen-bond donors (Lipinski definition) is 1. The Kier molecular flexibility index (Phi) is 3.94. The minimum atomic E-state index is -0.525. The summed E-state index contributed by atoms with van der Waals surface area (Å²) < 4.78 is 1.54. The van der Waals surface area contributed by atoms with Crippen LogP contribution in [0.5, 0.6) is 0 Å². The molecule has 0 aromatic carbocycles. The lowest BCUT2D eigenvalue weighted by Gasteiger charge is -2.27. The quantitative estimate of drug-likeness (QED) is 0.843. The number of pyridine rings is 1. The van der Waals surface area contributed by atoms with Gasteiger partial charge in [-0.1, -0.05) is 17.7 Å². The molecule has 0 radical (unpaired) electrons. The molecule has 0 saturated carbocycles. The topological polar surface area (TPSA) is 33.1 Å². The van der Waals surface area contributed by atoms with Gasteiger partial charge in [-0.25, -0.2) is 0 Å². The molecule has 2 atom stereocenters. The molecule has 0 bridgehead atoms. The van der Waals surface area contributed by atoms with Crippen molar-refractivity contribution >= 4 is 38.9 Å². The number of nitrogens with zero attached hydrogens (tertiary/aromatic N) is 1. The van der Waals surface area contributed by atoms with Gasteiger partial charge in [-0.05, 0) is 52.9 Å². The highest BCUT2D eigenvalue weighted by molar-refractivity contribution is 9.10. The lowest BCUT2D eigenvalue weighted by atomic mass is 9.83. The van der Waals surface area contributed by atoms with E-state index >= 15 is 0 Å². The maximum Gasteiger partial charge on any atom is 0.107 e. The molecule has 5 heteroatoms. The number of thiophene rings is 1. The molecular formula is C14H13BrClNOS. The second kappa shape index (κ2) is 5.52. The van der Waals surface area contributed by atoms with E-state index in [-0.39, 0.29) is 5.92 Å². The Morgan fingerprint density at radius 2 is 2.37 bits per heavy atom. The molecule has 0 saturated heterocycles. The first-order chi connectivity index (χ1) is 9.16. The highest BCUT2D eigenvalue weighted by atomic mass is 79.9. The zero-order valence-electron chi connectivity index (χ0n) is 10.1. The predicted octanol–water partition coefficient (Wildman–Crippen LogP) is 4.71. The van der Waals surface area contributed by atoms with E-state index in [9.17, 15) is 5.11 Å². The molecule has 2 aromatic heterocycles. The summed E-state index contributed by atoms with van der Waals surface area (Å²) in [6.45, 7) is 0. The Hall–Kier alpha value is -0.420. The molecule has 0 fully saturated rings. The third kappa shape index (κ3) is 2.59. The Bertz CT molecular complexity index is 581. The van der Waals surface area contributed by atoms with Crippen molar-refractivity contribution in [2.45, 2.75) is 31.3 Å². The fraction of sp³-hybridized carbons (Fsp3) is 0.357. The summed E-state index contributed by atoms with van der Waals surface area (Å²) in [4.78, 5) is 5.38. The van der Waals surface area contributed by atoms with E-state index in [0.29, 0.717) is 4.34 Å². The van der Waals surface area contributed by atoms with Crippen molar-refractivity contribution < 1.29 is 5.11 Å². The van der Waals surface area contributed by atoms with Crippen molar-refractivity contribution in [3.63, 3.8) is 0 Å². The molecule has 0 aliphatic heterocycles. The zero-order valence-corrected chi connectivity index (χ0v) is 13.3. The number of aliphatic hydroxyl groups is 1. The fourth-order valence-corrected chi connectivity index (χ4v) is 4.45. The second-order valence-electron chi connectivity index (χ2n) is 4.76. The van der Waals surface area contributed by atoms with E-state index < -0.39 is 6.10 Å². The molecule has 2 aromatic rings. The summed E-state index contributed by atoms with van der Waals surface area (Å²) >= 11 is 10.9. The summed E-state index contributed by atoms with van der Waals surface area (Å²) in [6.07, 6.45) is 4.41. The van der Waals surface area contributed by atoms with Gasteiger partial charge in [0, 0.05) is 27.2 Å². The Balaban J connectivity index is 1.95. The minimum absolute atomic E-state index is 0.0755. The smallest absolute Gasteiger partial charge is 0.107 e.